The molecule has 8 nitrogen and oxygen atoms in total. The number of carbonyl (C=O) groups excluding carboxylic acids is 3. The van der Waals surface area contributed by atoms with Gasteiger partial charge in [0.1, 0.15) is 18.4 Å². The van der Waals surface area contributed by atoms with Crippen molar-refractivity contribution < 1.29 is 19.1 Å². The number of benzene rings is 2. The molecule has 0 aromatic heterocycles. The Morgan fingerprint density at radius 1 is 1.00 bits per heavy atom. The van der Waals surface area contributed by atoms with Gasteiger partial charge in [-0.3, -0.25) is 24.6 Å². The van der Waals surface area contributed by atoms with Gasteiger partial charge in [0.25, 0.3) is 5.91 Å². The summed E-state index contributed by atoms with van der Waals surface area (Å²) in [5.41, 5.74) is 5.56. The fourth-order valence-corrected chi connectivity index (χ4v) is 6.05. The maximum Gasteiger partial charge on any atom is 0.255 e. The third-order valence-electron chi connectivity index (χ3n) is 7.99. The number of para-hydroxylation sites is 1. The van der Waals surface area contributed by atoms with Crippen molar-refractivity contribution in [1.29, 1.82) is 0 Å². The van der Waals surface area contributed by atoms with Crippen molar-refractivity contribution in [2.45, 2.75) is 63.7 Å². The second-order valence-electron chi connectivity index (χ2n) is 10.3. The molecule has 188 valence electrons. The Labute approximate surface area is 211 Å². The van der Waals surface area contributed by atoms with E-state index in [2.05, 4.69) is 33.7 Å². The fraction of sp³-hybridized carbons (Fsp3) is 0.464. The van der Waals surface area contributed by atoms with Gasteiger partial charge < -0.3 is 15.0 Å². The number of fused-ring (bicyclic) bond motifs is 2. The highest BCUT2D eigenvalue weighted by atomic mass is 16.5. The van der Waals surface area contributed by atoms with Crippen molar-refractivity contribution in [3.05, 3.63) is 58.7 Å². The van der Waals surface area contributed by atoms with Gasteiger partial charge in [-0.25, -0.2) is 0 Å². The zero-order valence-electron chi connectivity index (χ0n) is 20.4. The summed E-state index contributed by atoms with van der Waals surface area (Å²) in [5, 5.41) is 5.91. The van der Waals surface area contributed by atoms with E-state index in [0.717, 1.165) is 43.8 Å². The number of hydrogen-bond donors (Lipinski definition) is 2. The number of likely N-dealkylation sites (tertiary alicyclic amines) is 1. The molecule has 4 aliphatic heterocycles. The largest absolute Gasteiger partial charge is 0.492 e. The van der Waals surface area contributed by atoms with Crippen LogP contribution < -0.4 is 15.4 Å². The van der Waals surface area contributed by atoms with Crippen molar-refractivity contribution >= 4 is 23.4 Å². The van der Waals surface area contributed by atoms with Crippen LogP contribution in [-0.2, 0) is 29.1 Å². The fourth-order valence-electron chi connectivity index (χ4n) is 6.05. The first-order valence-corrected chi connectivity index (χ1v) is 13.1. The summed E-state index contributed by atoms with van der Waals surface area (Å²) in [6.07, 6.45) is 5.23. The molecule has 0 radical (unpaired) electrons. The predicted octanol–water partition coefficient (Wildman–Crippen LogP) is 2.85. The second-order valence-corrected chi connectivity index (χ2v) is 10.3. The second kappa shape index (κ2) is 9.58. The average molecular weight is 489 g/mol. The third-order valence-corrected chi connectivity index (χ3v) is 7.99. The number of nitrogens with one attached hydrogen (secondary N) is 2. The number of nitrogens with zero attached hydrogens (tertiary/aromatic N) is 2. The van der Waals surface area contributed by atoms with Gasteiger partial charge in [0.15, 0.2) is 0 Å². The molecule has 8 heteroatoms. The molecule has 0 saturated carbocycles. The molecule has 2 saturated heterocycles. The van der Waals surface area contributed by atoms with E-state index in [1.807, 2.05) is 12.1 Å². The van der Waals surface area contributed by atoms with Crippen LogP contribution in [0.5, 0.6) is 5.75 Å². The van der Waals surface area contributed by atoms with Gasteiger partial charge >= 0.3 is 0 Å². The minimum absolute atomic E-state index is 0.159. The highest BCUT2D eigenvalue weighted by molar-refractivity contribution is 6.05. The molecule has 3 amide bonds. The van der Waals surface area contributed by atoms with Crippen LogP contribution >= 0.6 is 0 Å². The quantitative estimate of drug-likeness (QED) is 0.608. The minimum atomic E-state index is -0.600. The molecule has 0 bridgehead atoms. The van der Waals surface area contributed by atoms with Crippen LogP contribution in [0.15, 0.2) is 36.4 Å². The number of piperidine rings is 2. The molecule has 2 aromatic carbocycles. The molecule has 4 heterocycles. The Morgan fingerprint density at radius 2 is 1.92 bits per heavy atom. The Bertz CT molecular complexity index is 1210. The molecular weight excluding hydrogens is 456 g/mol. The highest BCUT2D eigenvalue weighted by Crippen LogP contribution is 2.32. The molecule has 36 heavy (non-hydrogen) atoms. The number of anilines is 1. The molecule has 2 N–H and O–H groups in total. The van der Waals surface area contributed by atoms with E-state index in [0.29, 0.717) is 31.2 Å². The molecule has 2 unspecified atom stereocenters. The Balaban J connectivity index is 1.11. The van der Waals surface area contributed by atoms with E-state index in [-0.39, 0.29) is 24.1 Å². The molecular formula is C28H32N4O4. The summed E-state index contributed by atoms with van der Waals surface area (Å²) in [4.78, 5) is 40.9. The first kappa shape index (κ1) is 23.0. The van der Waals surface area contributed by atoms with Gasteiger partial charge in [-0.05, 0) is 67.1 Å². The number of amides is 3. The molecule has 0 spiro atoms. The Kier molecular flexibility index (Phi) is 6.13. The summed E-state index contributed by atoms with van der Waals surface area (Å²) < 4.78 is 6.27. The molecule has 0 aliphatic carbocycles. The molecule has 2 fully saturated rings. The van der Waals surface area contributed by atoms with Crippen LogP contribution in [0, 0.1) is 0 Å². The van der Waals surface area contributed by atoms with E-state index in [1.165, 1.54) is 29.7 Å². The maximum absolute atomic E-state index is 12.9. The van der Waals surface area contributed by atoms with Crippen molar-refractivity contribution in [3.8, 4) is 5.75 Å². The lowest BCUT2D eigenvalue weighted by molar-refractivity contribution is -0.136. The van der Waals surface area contributed by atoms with Gasteiger partial charge in [-0.15, -0.1) is 0 Å². The van der Waals surface area contributed by atoms with E-state index in [4.69, 9.17) is 4.74 Å². The zero-order valence-corrected chi connectivity index (χ0v) is 20.4. The number of ether oxygens (including phenoxy) is 1. The molecule has 2 atom stereocenters. The number of carbonyl (C=O) groups is 3. The zero-order chi connectivity index (χ0) is 24.6. The van der Waals surface area contributed by atoms with Gasteiger partial charge in [0.2, 0.25) is 11.8 Å². The van der Waals surface area contributed by atoms with E-state index >= 15 is 0 Å². The summed E-state index contributed by atoms with van der Waals surface area (Å²) in [6, 6.07) is 11.9. The normalized spacial score (nSPS) is 23.8. The Hall–Kier alpha value is -3.39. The predicted molar refractivity (Wildman–Crippen MR) is 135 cm³/mol. The van der Waals surface area contributed by atoms with Crippen molar-refractivity contribution in [1.82, 2.24) is 15.1 Å². The van der Waals surface area contributed by atoms with Gasteiger partial charge in [0.05, 0.1) is 0 Å². The van der Waals surface area contributed by atoms with Gasteiger partial charge in [-0.2, -0.15) is 0 Å². The topological polar surface area (TPSA) is 91.0 Å². The maximum atomic E-state index is 12.9. The highest BCUT2D eigenvalue weighted by Gasteiger charge is 2.39. The first-order valence-electron chi connectivity index (χ1n) is 13.1. The van der Waals surface area contributed by atoms with Crippen molar-refractivity contribution in [2.24, 2.45) is 0 Å². The van der Waals surface area contributed by atoms with E-state index < -0.39 is 6.04 Å². The summed E-state index contributed by atoms with van der Waals surface area (Å²) in [5.74, 6) is -0.0748. The lowest BCUT2D eigenvalue weighted by Crippen LogP contribution is -2.52. The molecule has 4 aliphatic rings. The number of rotatable bonds is 6. The smallest absolute Gasteiger partial charge is 0.255 e. The minimum Gasteiger partial charge on any atom is -0.492 e. The van der Waals surface area contributed by atoms with E-state index in [9.17, 15) is 14.4 Å². The van der Waals surface area contributed by atoms with Crippen LogP contribution in [0.4, 0.5) is 5.69 Å². The van der Waals surface area contributed by atoms with Crippen molar-refractivity contribution in [3.63, 3.8) is 0 Å². The van der Waals surface area contributed by atoms with Gasteiger partial charge in [-0.1, -0.05) is 24.6 Å². The van der Waals surface area contributed by atoms with Crippen molar-refractivity contribution in [2.75, 3.05) is 25.0 Å². The third kappa shape index (κ3) is 4.34. The average Bonchev–Trinajstić information content (AvgIpc) is 3.49. The van der Waals surface area contributed by atoms with Gasteiger partial charge in [0, 0.05) is 43.3 Å². The summed E-state index contributed by atoms with van der Waals surface area (Å²) in [7, 11) is 0. The van der Waals surface area contributed by atoms with Crippen LogP contribution in [-0.4, -0.2) is 59.3 Å². The van der Waals surface area contributed by atoms with Crippen LogP contribution in [0.25, 0.3) is 0 Å². The summed E-state index contributed by atoms with van der Waals surface area (Å²) in [6.45, 7) is 3.97. The van der Waals surface area contributed by atoms with E-state index in [1.54, 1.807) is 11.0 Å². The Morgan fingerprint density at radius 3 is 2.81 bits per heavy atom. The lowest BCUT2D eigenvalue weighted by atomic mass is 10.0. The molecule has 6 rings (SSSR count). The van der Waals surface area contributed by atoms with Crippen LogP contribution in [0.1, 0.15) is 59.2 Å². The number of hydrogen-bond acceptors (Lipinski definition) is 6. The van der Waals surface area contributed by atoms with Crippen LogP contribution in [0.3, 0.4) is 0 Å². The standard InChI is InChI=1S/C28H32N4O4/c33-25-10-9-24(27(34)30-25)32-16-20-14-22(7-8-23(20)28(32)35)36-17-21-6-1-2-13-31(21)15-19-5-3-4-18-11-12-29-26(18)19/h3-5,7-8,14,21,24,29H,1-2,6,9-13,15-17H2,(H,30,33,34). The monoisotopic (exact) mass is 488 g/mol. The SMILES string of the molecule is O=C1CCC(N2Cc3cc(OCC4CCCCN4Cc4cccc5c4NCC5)ccc3C2=O)C(=O)N1. The lowest BCUT2D eigenvalue weighted by Gasteiger charge is -2.36. The molecule has 2 aromatic rings. The first-order chi connectivity index (χ1) is 17.6. The summed E-state index contributed by atoms with van der Waals surface area (Å²) >= 11 is 0. The number of imide groups is 1. The van der Waals surface area contributed by atoms with Crippen LogP contribution in [0.2, 0.25) is 0 Å².